The maximum Gasteiger partial charge on any atom is 0.310 e. The van der Waals surface area contributed by atoms with Crippen molar-refractivity contribution in [3.63, 3.8) is 0 Å². The molecule has 144 valence electrons. The highest BCUT2D eigenvalue weighted by Gasteiger charge is 2.16. The van der Waals surface area contributed by atoms with E-state index in [1.54, 1.807) is 6.07 Å². The Hall–Kier alpha value is -3.16. The van der Waals surface area contributed by atoms with E-state index in [9.17, 15) is 19.7 Å². The third kappa shape index (κ3) is 6.25. The summed E-state index contributed by atoms with van der Waals surface area (Å²) in [6.45, 7) is 4.44. The van der Waals surface area contributed by atoms with Gasteiger partial charge in [0.05, 0.1) is 23.6 Å². The van der Waals surface area contributed by atoms with E-state index in [4.69, 9.17) is 9.47 Å². The molecule has 0 aliphatic heterocycles. The fraction of sp³-hybridized carbons (Fsp3) is 0.368. The number of pyridine rings is 1. The Morgan fingerprint density at radius 3 is 2.70 bits per heavy atom. The van der Waals surface area contributed by atoms with Crippen molar-refractivity contribution in [3.05, 3.63) is 68.1 Å². The van der Waals surface area contributed by atoms with Gasteiger partial charge in [-0.3, -0.25) is 19.7 Å². The molecule has 27 heavy (non-hydrogen) atoms. The van der Waals surface area contributed by atoms with Gasteiger partial charge in [-0.25, -0.2) is 0 Å². The minimum absolute atomic E-state index is 0.134. The number of nitrogens with one attached hydrogen (secondary N) is 1. The predicted octanol–water partition coefficient (Wildman–Crippen LogP) is 2.99. The van der Waals surface area contributed by atoms with Gasteiger partial charge in [0, 0.05) is 23.9 Å². The van der Waals surface area contributed by atoms with E-state index in [0.717, 1.165) is 6.42 Å². The van der Waals surface area contributed by atoms with E-state index < -0.39 is 10.9 Å². The lowest BCUT2D eigenvalue weighted by Gasteiger charge is -2.09. The van der Waals surface area contributed by atoms with Crippen LogP contribution in [0.1, 0.15) is 31.5 Å². The van der Waals surface area contributed by atoms with E-state index in [0.29, 0.717) is 18.2 Å². The monoisotopic (exact) mass is 374 g/mol. The maximum atomic E-state index is 12.0. The fourth-order valence-electron chi connectivity index (χ4n) is 2.30. The third-order valence-electron chi connectivity index (χ3n) is 3.80. The standard InChI is InChI=1S/C19H22N2O6/c1-13(2)7-8-26-18-11-20-15(10-17(18)22)12-27-19(23)9-14-5-3-4-6-16(14)21(24)25/h3-6,10-11,13H,7-9,12H2,1-2H3,(H,20,22). The predicted molar refractivity (Wildman–Crippen MR) is 98.6 cm³/mol. The average molecular weight is 374 g/mol. The molecule has 0 aliphatic rings. The molecule has 8 nitrogen and oxygen atoms in total. The summed E-state index contributed by atoms with van der Waals surface area (Å²) in [7, 11) is 0. The summed E-state index contributed by atoms with van der Waals surface area (Å²) >= 11 is 0. The van der Waals surface area contributed by atoms with E-state index in [1.807, 2.05) is 0 Å². The van der Waals surface area contributed by atoms with Crippen molar-refractivity contribution in [3.8, 4) is 5.75 Å². The van der Waals surface area contributed by atoms with Gasteiger partial charge < -0.3 is 14.5 Å². The summed E-state index contributed by atoms with van der Waals surface area (Å²) in [6, 6.07) is 7.29. The van der Waals surface area contributed by atoms with Gasteiger partial charge in [-0.15, -0.1) is 0 Å². The molecule has 0 aliphatic carbocycles. The quantitative estimate of drug-likeness (QED) is 0.410. The zero-order valence-electron chi connectivity index (χ0n) is 15.3. The molecule has 0 amide bonds. The Kier molecular flexibility index (Phi) is 7.10. The smallest absolute Gasteiger partial charge is 0.310 e. The third-order valence-corrected chi connectivity index (χ3v) is 3.80. The van der Waals surface area contributed by atoms with Crippen LogP contribution in [0.5, 0.6) is 5.75 Å². The highest BCUT2D eigenvalue weighted by atomic mass is 16.6. The topological polar surface area (TPSA) is 112 Å². The molecule has 0 spiro atoms. The van der Waals surface area contributed by atoms with Crippen molar-refractivity contribution in [1.82, 2.24) is 4.98 Å². The number of nitrogens with zero attached hydrogens (tertiary/aromatic N) is 1. The number of nitro benzene ring substituents is 1. The van der Waals surface area contributed by atoms with Gasteiger partial charge >= 0.3 is 5.97 Å². The largest absolute Gasteiger partial charge is 0.488 e. The molecular formula is C19H22N2O6. The zero-order chi connectivity index (χ0) is 19.8. The number of esters is 1. The van der Waals surface area contributed by atoms with Gasteiger partial charge in [-0.2, -0.15) is 0 Å². The highest BCUT2D eigenvalue weighted by Crippen LogP contribution is 2.18. The maximum absolute atomic E-state index is 12.0. The van der Waals surface area contributed by atoms with E-state index in [1.165, 1.54) is 30.5 Å². The number of hydrogen-bond donors (Lipinski definition) is 1. The molecule has 0 unspecified atom stereocenters. The number of hydrogen-bond acceptors (Lipinski definition) is 6. The highest BCUT2D eigenvalue weighted by molar-refractivity contribution is 5.74. The lowest BCUT2D eigenvalue weighted by atomic mass is 10.1. The van der Waals surface area contributed by atoms with Crippen LogP contribution >= 0.6 is 0 Å². The van der Waals surface area contributed by atoms with E-state index in [-0.39, 0.29) is 35.5 Å². The van der Waals surface area contributed by atoms with Gasteiger partial charge in [0.25, 0.3) is 5.69 Å². The van der Waals surface area contributed by atoms with Gasteiger partial charge in [-0.05, 0) is 12.3 Å². The molecule has 2 aromatic rings. The first-order valence-corrected chi connectivity index (χ1v) is 8.59. The lowest BCUT2D eigenvalue weighted by Crippen LogP contribution is -2.14. The van der Waals surface area contributed by atoms with Gasteiger partial charge in [-0.1, -0.05) is 32.0 Å². The second-order valence-corrected chi connectivity index (χ2v) is 6.44. The van der Waals surface area contributed by atoms with E-state index in [2.05, 4.69) is 18.8 Å². The minimum Gasteiger partial charge on any atom is -0.488 e. The Morgan fingerprint density at radius 2 is 2.04 bits per heavy atom. The summed E-state index contributed by atoms with van der Waals surface area (Å²) < 4.78 is 10.5. The lowest BCUT2D eigenvalue weighted by molar-refractivity contribution is -0.385. The number of ether oxygens (including phenoxy) is 2. The van der Waals surface area contributed by atoms with Crippen LogP contribution in [0, 0.1) is 16.0 Å². The normalized spacial score (nSPS) is 10.6. The Morgan fingerprint density at radius 1 is 1.30 bits per heavy atom. The second kappa shape index (κ2) is 9.51. The molecule has 0 saturated heterocycles. The minimum atomic E-state index is -0.623. The van der Waals surface area contributed by atoms with Crippen molar-refractivity contribution < 1.29 is 19.2 Å². The first kappa shape index (κ1) is 20.2. The number of aromatic nitrogens is 1. The van der Waals surface area contributed by atoms with Crippen LogP contribution in [0.25, 0.3) is 0 Å². The Labute approximate surface area is 156 Å². The average Bonchev–Trinajstić information content (AvgIpc) is 2.61. The number of aromatic amines is 1. The van der Waals surface area contributed by atoms with Crippen LogP contribution in [0.15, 0.2) is 41.3 Å². The van der Waals surface area contributed by atoms with Crippen molar-refractivity contribution in [2.24, 2.45) is 5.92 Å². The van der Waals surface area contributed by atoms with Gasteiger partial charge in [0.2, 0.25) is 5.43 Å². The first-order chi connectivity index (χ1) is 12.9. The number of carbonyl (C=O) groups is 1. The van der Waals surface area contributed by atoms with Crippen LogP contribution in [0.2, 0.25) is 0 Å². The fourth-order valence-corrected chi connectivity index (χ4v) is 2.30. The second-order valence-electron chi connectivity index (χ2n) is 6.44. The molecular weight excluding hydrogens is 352 g/mol. The number of rotatable bonds is 9. The first-order valence-electron chi connectivity index (χ1n) is 8.59. The van der Waals surface area contributed by atoms with E-state index >= 15 is 0 Å². The molecule has 0 bridgehead atoms. The Balaban J connectivity index is 1.91. The molecule has 0 atom stereocenters. The van der Waals surface area contributed by atoms with Crippen LogP contribution in [-0.2, 0) is 22.6 Å². The number of nitro groups is 1. The number of carbonyl (C=O) groups excluding carboxylic acids is 1. The molecule has 2 rings (SSSR count). The Bertz CT molecular complexity index is 859. The molecule has 8 heteroatoms. The van der Waals surface area contributed by atoms with Crippen LogP contribution < -0.4 is 10.2 Å². The number of benzene rings is 1. The number of H-pyrrole nitrogens is 1. The molecule has 0 fully saturated rings. The zero-order valence-corrected chi connectivity index (χ0v) is 15.3. The summed E-state index contributed by atoms with van der Waals surface area (Å²) in [5, 5.41) is 11.0. The van der Waals surface area contributed by atoms with Gasteiger partial charge in [0.15, 0.2) is 5.75 Å². The van der Waals surface area contributed by atoms with Crippen molar-refractivity contribution >= 4 is 11.7 Å². The number of para-hydroxylation sites is 1. The molecule has 1 N–H and O–H groups in total. The molecule has 0 saturated carbocycles. The molecule has 1 aromatic carbocycles. The SMILES string of the molecule is CC(C)CCOc1c[nH]c(COC(=O)Cc2ccccc2[N+](=O)[O-])cc1=O. The van der Waals surface area contributed by atoms with Crippen molar-refractivity contribution in [1.29, 1.82) is 0 Å². The van der Waals surface area contributed by atoms with Crippen LogP contribution in [-0.4, -0.2) is 22.5 Å². The molecule has 1 aromatic heterocycles. The molecule has 1 heterocycles. The van der Waals surface area contributed by atoms with Crippen LogP contribution in [0.3, 0.4) is 0 Å². The van der Waals surface area contributed by atoms with Crippen molar-refractivity contribution in [2.45, 2.75) is 33.3 Å². The summed E-state index contributed by atoms with van der Waals surface area (Å²) in [6.07, 6.45) is 2.05. The van der Waals surface area contributed by atoms with Gasteiger partial charge in [0.1, 0.15) is 6.61 Å². The summed E-state index contributed by atoms with van der Waals surface area (Å²) in [5.74, 6) is 0.0660. The van der Waals surface area contributed by atoms with Crippen molar-refractivity contribution in [2.75, 3.05) is 6.61 Å². The van der Waals surface area contributed by atoms with Crippen LogP contribution in [0.4, 0.5) is 5.69 Å². The molecule has 0 radical (unpaired) electrons. The summed E-state index contributed by atoms with van der Waals surface area (Å²) in [4.78, 5) is 37.2. The summed E-state index contributed by atoms with van der Waals surface area (Å²) in [5.41, 5.74) is 0.245.